The van der Waals surface area contributed by atoms with Crippen LogP contribution in [0.3, 0.4) is 0 Å². The molecule has 2 rings (SSSR count). The molecule has 1 aromatic heterocycles. The highest BCUT2D eigenvalue weighted by Crippen LogP contribution is 2.21. The summed E-state index contributed by atoms with van der Waals surface area (Å²) in [6.07, 6.45) is 0.971. The molecule has 1 fully saturated rings. The molecule has 100 valence electrons. The Bertz CT molecular complexity index is 515. The largest absolute Gasteiger partial charge is 0.342 e. The normalized spacial score (nSPS) is 20.6. The fraction of sp³-hybridized carbons (Fsp3) is 0.600. The van der Waals surface area contributed by atoms with Crippen LogP contribution in [-0.4, -0.2) is 43.1 Å². The topological polar surface area (TPSA) is 67.3 Å². The Morgan fingerprint density at radius 1 is 1.56 bits per heavy atom. The number of carbonyl (C=O) groups excluding carboxylic acids is 1. The van der Waals surface area contributed by atoms with Crippen LogP contribution in [0.1, 0.15) is 12.1 Å². The van der Waals surface area contributed by atoms with E-state index in [1.165, 1.54) is 11.3 Å². The van der Waals surface area contributed by atoms with E-state index in [0.717, 1.165) is 5.69 Å². The third kappa shape index (κ3) is 3.93. The van der Waals surface area contributed by atoms with Crippen LogP contribution in [-0.2, 0) is 20.3 Å². The van der Waals surface area contributed by atoms with Gasteiger partial charge in [0.05, 0.1) is 17.0 Å². The SMILES string of the molecule is O=C1CC(CS(=O)(=O)Cl)CN1CCc1cscn1. The lowest BCUT2D eigenvalue weighted by molar-refractivity contribution is -0.127. The summed E-state index contributed by atoms with van der Waals surface area (Å²) in [7, 11) is 1.67. The Morgan fingerprint density at radius 3 is 2.94 bits per heavy atom. The zero-order valence-corrected chi connectivity index (χ0v) is 12.0. The Labute approximate surface area is 114 Å². The van der Waals surface area contributed by atoms with E-state index in [9.17, 15) is 13.2 Å². The Hall–Kier alpha value is -0.660. The molecule has 0 saturated carbocycles. The molecule has 1 aliphatic rings. The number of nitrogens with zero attached hydrogens (tertiary/aromatic N) is 2. The van der Waals surface area contributed by atoms with Gasteiger partial charge in [0.2, 0.25) is 15.0 Å². The summed E-state index contributed by atoms with van der Waals surface area (Å²) in [4.78, 5) is 17.5. The number of hydrogen-bond donors (Lipinski definition) is 0. The lowest BCUT2D eigenvalue weighted by Crippen LogP contribution is -2.28. The second kappa shape index (κ2) is 5.54. The molecule has 2 heterocycles. The van der Waals surface area contributed by atoms with Crippen molar-refractivity contribution in [3.63, 3.8) is 0 Å². The molecule has 8 heteroatoms. The summed E-state index contributed by atoms with van der Waals surface area (Å²) in [6.45, 7) is 1.05. The molecule has 18 heavy (non-hydrogen) atoms. The number of likely N-dealkylation sites (tertiary alicyclic amines) is 1. The quantitative estimate of drug-likeness (QED) is 0.764. The fourth-order valence-electron chi connectivity index (χ4n) is 2.07. The van der Waals surface area contributed by atoms with Crippen LogP contribution < -0.4 is 0 Å². The van der Waals surface area contributed by atoms with Crippen LogP contribution in [0.2, 0.25) is 0 Å². The molecule has 0 bridgehead atoms. The second-order valence-electron chi connectivity index (χ2n) is 4.35. The number of amides is 1. The first-order valence-corrected chi connectivity index (χ1v) is 8.93. The van der Waals surface area contributed by atoms with E-state index in [1.54, 1.807) is 10.4 Å². The van der Waals surface area contributed by atoms with E-state index in [4.69, 9.17) is 10.7 Å². The number of hydrogen-bond acceptors (Lipinski definition) is 5. The third-order valence-electron chi connectivity index (χ3n) is 2.85. The number of aromatic nitrogens is 1. The van der Waals surface area contributed by atoms with Crippen molar-refractivity contribution in [2.24, 2.45) is 5.92 Å². The maximum atomic E-state index is 11.7. The minimum atomic E-state index is -3.53. The highest BCUT2D eigenvalue weighted by molar-refractivity contribution is 8.13. The maximum absolute atomic E-state index is 11.7. The van der Waals surface area contributed by atoms with Crippen molar-refractivity contribution in [2.45, 2.75) is 12.8 Å². The van der Waals surface area contributed by atoms with Crippen molar-refractivity contribution in [3.05, 3.63) is 16.6 Å². The molecule has 0 aliphatic carbocycles. The van der Waals surface area contributed by atoms with E-state index in [-0.39, 0.29) is 24.0 Å². The van der Waals surface area contributed by atoms with Gasteiger partial charge in [-0.1, -0.05) is 0 Å². The molecular formula is C10H13ClN2O3S2. The van der Waals surface area contributed by atoms with Crippen molar-refractivity contribution in [3.8, 4) is 0 Å². The van der Waals surface area contributed by atoms with Gasteiger partial charge in [0.15, 0.2) is 0 Å². The molecule has 0 N–H and O–H groups in total. The summed E-state index contributed by atoms with van der Waals surface area (Å²) < 4.78 is 21.9. The molecule has 1 unspecified atom stereocenters. The molecular weight excluding hydrogens is 296 g/mol. The molecule has 1 atom stereocenters. The first-order valence-electron chi connectivity index (χ1n) is 5.51. The van der Waals surface area contributed by atoms with Gasteiger partial charge in [0.1, 0.15) is 0 Å². The Balaban J connectivity index is 1.86. The van der Waals surface area contributed by atoms with Gasteiger partial charge >= 0.3 is 0 Å². The molecule has 1 saturated heterocycles. The van der Waals surface area contributed by atoms with Crippen molar-refractivity contribution in [2.75, 3.05) is 18.8 Å². The number of halogens is 1. The van der Waals surface area contributed by atoms with E-state index < -0.39 is 9.05 Å². The fourth-order valence-corrected chi connectivity index (χ4v) is 3.99. The lowest BCUT2D eigenvalue weighted by atomic mass is 10.1. The molecule has 1 amide bonds. The van der Waals surface area contributed by atoms with Gasteiger partial charge in [0.25, 0.3) is 0 Å². The van der Waals surface area contributed by atoms with Crippen LogP contribution in [0.5, 0.6) is 0 Å². The first kappa shape index (κ1) is 13.8. The third-order valence-corrected chi connectivity index (χ3v) is 4.73. The van der Waals surface area contributed by atoms with Crippen molar-refractivity contribution >= 4 is 37.0 Å². The minimum absolute atomic E-state index is 0.00412. The molecule has 1 aromatic rings. The van der Waals surface area contributed by atoms with Crippen LogP contribution in [0.15, 0.2) is 10.9 Å². The second-order valence-corrected chi connectivity index (χ2v) is 7.89. The average Bonchev–Trinajstić information content (AvgIpc) is 2.83. The number of rotatable bonds is 5. The highest BCUT2D eigenvalue weighted by atomic mass is 35.7. The van der Waals surface area contributed by atoms with Crippen molar-refractivity contribution in [1.29, 1.82) is 0 Å². The standard InChI is InChI=1S/C10H13ClN2O3S2/c11-18(15,16)6-8-3-10(14)13(4-8)2-1-9-5-17-7-12-9/h5,7-8H,1-4,6H2. The van der Waals surface area contributed by atoms with Gasteiger partial charge in [0, 0.05) is 47.9 Å². The van der Waals surface area contributed by atoms with Gasteiger partial charge in [-0.3, -0.25) is 4.79 Å². The molecule has 1 aliphatic heterocycles. The van der Waals surface area contributed by atoms with Crippen LogP contribution in [0.4, 0.5) is 0 Å². The average molecular weight is 309 g/mol. The van der Waals surface area contributed by atoms with E-state index >= 15 is 0 Å². The number of thiazole rings is 1. The zero-order valence-electron chi connectivity index (χ0n) is 9.58. The lowest BCUT2D eigenvalue weighted by Gasteiger charge is -2.15. The Kier molecular flexibility index (Phi) is 4.24. The van der Waals surface area contributed by atoms with Gasteiger partial charge in [-0.05, 0) is 0 Å². The summed E-state index contributed by atoms with van der Waals surface area (Å²) in [6, 6.07) is 0. The molecule has 5 nitrogen and oxygen atoms in total. The van der Waals surface area contributed by atoms with Gasteiger partial charge < -0.3 is 4.90 Å². The zero-order chi connectivity index (χ0) is 13.2. The highest BCUT2D eigenvalue weighted by Gasteiger charge is 2.31. The smallest absolute Gasteiger partial charge is 0.232 e. The molecule has 0 spiro atoms. The van der Waals surface area contributed by atoms with Crippen LogP contribution >= 0.6 is 22.0 Å². The number of carbonyl (C=O) groups is 1. The van der Waals surface area contributed by atoms with E-state index in [1.807, 2.05) is 5.38 Å². The van der Waals surface area contributed by atoms with Crippen LogP contribution in [0, 0.1) is 5.92 Å². The monoisotopic (exact) mass is 308 g/mol. The summed E-state index contributed by atoms with van der Waals surface area (Å²) in [5, 5.41) is 1.95. The van der Waals surface area contributed by atoms with Crippen LogP contribution in [0.25, 0.3) is 0 Å². The predicted molar refractivity (Wildman–Crippen MR) is 70.1 cm³/mol. The van der Waals surface area contributed by atoms with E-state index in [2.05, 4.69) is 4.98 Å². The summed E-state index contributed by atoms with van der Waals surface area (Å²) in [5.41, 5.74) is 2.71. The summed E-state index contributed by atoms with van der Waals surface area (Å²) in [5.74, 6) is -0.320. The van der Waals surface area contributed by atoms with Crippen molar-refractivity contribution in [1.82, 2.24) is 9.88 Å². The Morgan fingerprint density at radius 2 is 2.33 bits per heavy atom. The first-order chi connectivity index (χ1) is 8.44. The van der Waals surface area contributed by atoms with Gasteiger partial charge in [-0.25, -0.2) is 13.4 Å². The van der Waals surface area contributed by atoms with Gasteiger partial charge in [-0.15, -0.1) is 11.3 Å². The maximum Gasteiger partial charge on any atom is 0.232 e. The summed E-state index contributed by atoms with van der Waals surface area (Å²) >= 11 is 1.52. The molecule has 0 radical (unpaired) electrons. The molecule has 0 aromatic carbocycles. The predicted octanol–water partition coefficient (Wildman–Crippen LogP) is 1.10. The van der Waals surface area contributed by atoms with Gasteiger partial charge in [-0.2, -0.15) is 0 Å². The van der Waals surface area contributed by atoms with Crippen molar-refractivity contribution < 1.29 is 13.2 Å². The minimum Gasteiger partial charge on any atom is -0.342 e. The van der Waals surface area contributed by atoms with E-state index in [0.29, 0.717) is 19.5 Å².